The number of hydrogen-bond acceptors (Lipinski definition) is 4. The molecule has 4 aromatic rings. The van der Waals surface area contributed by atoms with Crippen LogP contribution in [0.5, 0.6) is 5.75 Å². The van der Waals surface area contributed by atoms with Crippen molar-refractivity contribution >= 4 is 5.65 Å². The van der Waals surface area contributed by atoms with E-state index in [4.69, 9.17) is 0 Å². The van der Waals surface area contributed by atoms with Gasteiger partial charge in [0.2, 0.25) is 0 Å². The maximum absolute atomic E-state index is 12.5. The molecule has 8 heteroatoms. The van der Waals surface area contributed by atoms with Crippen LogP contribution in [0, 0.1) is 0 Å². The summed E-state index contributed by atoms with van der Waals surface area (Å²) in [5, 5.41) is 13.9. The van der Waals surface area contributed by atoms with Crippen molar-refractivity contribution in [3.8, 4) is 28.3 Å². The highest BCUT2D eigenvalue weighted by Gasteiger charge is 2.31. The number of alkyl halides is 3. The molecule has 0 aliphatic heterocycles. The molecule has 2 aromatic carbocycles. The number of hydrogen-bond donors (Lipinski definition) is 1. The number of ether oxygens (including phenoxy) is 1. The summed E-state index contributed by atoms with van der Waals surface area (Å²) in [7, 11) is 0. The van der Waals surface area contributed by atoms with Gasteiger partial charge in [-0.25, -0.2) is 9.50 Å². The third-order valence-electron chi connectivity index (χ3n) is 4.13. The summed E-state index contributed by atoms with van der Waals surface area (Å²) >= 11 is 0. The Bertz CT molecular complexity index is 1140. The van der Waals surface area contributed by atoms with E-state index in [0.717, 1.165) is 11.1 Å². The molecule has 0 aliphatic rings. The highest BCUT2D eigenvalue weighted by Crippen LogP contribution is 2.28. The van der Waals surface area contributed by atoms with E-state index < -0.39 is 6.36 Å². The van der Waals surface area contributed by atoms with Crippen molar-refractivity contribution in [3.63, 3.8) is 0 Å². The largest absolute Gasteiger partial charge is 0.573 e. The van der Waals surface area contributed by atoms with Gasteiger partial charge in [-0.1, -0.05) is 30.3 Å². The lowest BCUT2D eigenvalue weighted by Gasteiger charge is -2.10. The number of rotatable bonds is 4. The van der Waals surface area contributed by atoms with Gasteiger partial charge in [-0.2, -0.15) is 5.10 Å². The fourth-order valence-electron chi connectivity index (χ4n) is 2.91. The van der Waals surface area contributed by atoms with Crippen LogP contribution in [-0.4, -0.2) is 26.1 Å². The van der Waals surface area contributed by atoms with E-state index in [1.54, 1.807) is 35.0 Å². The lowest BCUT2D eigenvalue weighted by Crippen LogP contribution is -2.17. The minimum atomic E-state index is -4.76. The van der Waals surface area contributed by atoms with E-state index in [2.05, 4.69) is 14.8 Å². The molecule has 0 saturated heterocycles. The third-order valence-corrected chi connectivity index (χ3v) is 4.13. The van der Waals surface area contributed by atoms with Crippen LogP contribution in [0.25, 0.3) is 28.2 Å². The van der Waals surface area contributed by atoms with Crippen molar-refractivity contribution in [2.24, 2.45) is 0 Å². The molecule has 0 amide bonds. The quantitative estimate of drug-likeness (QED) is 0.564. The Morgan fingerprint density at radius 2 is 1.75 bits per heavy atom. The standard InChI is InChI=1S/C20H14F3N3O2/c21-20(22,23)28-16-6-2-4-14(10-16)17-7-8-19-24-11-18(26(19)25-17)15-5-1-3-13(9-15)12-27/h1-11,27H,12H2. The Labute approximate surface area is 157 Å². The van der Waals surface area contributed by atoms with Gasteiger partial charge in [0.25, 0.3) is 0 Å². The number of aliphatic hydroxyl groups is 1. The Morgan fingerprint density at radius 3 is 2.54 bits per heavy atom. The lowest BCUT2D eigenvalue weighted by atomic mass is 10.1. The predicted octanol–water partition coefficient (Wildman–Crippen LogP) is 4.45. The Morgan fingerprint density at radius 1 is 0.964 bits per heavy atom. The summed E-state index contributed by atoms with van der Waals surface area (Å²) in [6.45, 7) is -0.0880. The second-order valence-electron chi connectivity index (χ2n) is 6.07. The van der Waals surface area contributed by atoms with E-state index in [1.807, 2.05) is 18.2 Å². The molecule has 0 fully saturated rings. The van der Waals surface area contributed by atoms with Crippen LogP contribution in [0.15, 0.2) is 66.9 Å². The van der Waals surface area contributed by atoms with E-state index in [0.29, 0.717) is 22.6 Å². The third kappa shape index (κ3) is 3.67. The normalized spacial score (nSPS) is 11.7. The monoisotopic (exact) mass is 385 g/mol. The summed E-state index contributed by atoms with van der Waals surface area (Å²) in [4.78, 5) is 4.32. The number of fused-ring (bicyclic) bond motifs is 1. The maximum atomic E-state index is 12.5. The molecule has 0 saturated carbocycles. The Balaban J connectivity index is 1.77. The first-order valence-electron chi connectivity index (χ1n) is 8.34. The molecule has 142 valence electrons. The smallest absolute Gasteiger partial charge is 0.406 e. The van der Waals surface area contributed by atoms with Gasteiger partial charge in [-0.15, -0.1) is 13.2 Å². The summed E-state index contributed by atoms with van der Waals surface area (Å²) < 4.78 is 43.0. The van der Waals surface area contributed by atoms with Crippen molar-refractivity contribution in [1.82, 2.24) is 14.6 Å². The molecule has 0 aliphatic carbocycles. The van der Waals surface area contributed by atoms with Crippen LogP contribution in [-0.2, 0) is 6.61 Å². The maximum Gasteiger partial charge on any atom is 0.573 e. The SMILES string of the molecule is OCc1cccc(-c2cnc3ccc(-c4cccc(OC(F)(F)F)c4)nn23)c1. The zero-order chi connectivity index (χ0) is 19.7. The number of aliphatic hydroxyl groups excluding tert-OH is 1. The number of halogens is 3. The first-order valence-corrected chi connectivity index (χ1v) is 8.34. The average molecular weight is 385 g/mol. The highest BCUT2D eigenvalue weighted by molar-refractivity contribution is 5.67. The fraction of sp³-hybridized carbons (Fsp3) is 0.100. The molecule has 0 radical (unpaired) electrons. The van der Waals surface area contributed by atoms with Gasteiger partial charge in [0.15, 0.2) is 5.65 Å². The topological polar surface area (TPSA) is 59.7 Å². The van der Waals surface area contributed by atoms with Gasteiger partial charge in [-0.05, 0) is 35.9 Å². The van der Waals surface area contributed by atoms with Crippen LogP contribution in [0.4, 0.5) is 13.2 Å². The van der Waals surface area contributed by atoms with Gasteiger partial charge in [0, 0.05) is 11.1 Å². The fourth-order valence-corrected chi connectivity index (χ4v) is 2.91. The summed E-state index contributed by atoms with van der Waals surface area (Å²) in [5.41, 5.74) is 3.81. The van der Waals surface area contributed by atoms with E-state index in [9.17, 15) is 18.3 Å². The van der Waals surface area contributed by atoms with Crippen LogP contribution < -0.4 is 4.74 Å². The second kappa shape index (κ2) is 6.97. The summed E-state index contributed by atoms with van der Waals surface area (Å²) in [5.74, 6) is -0.312. The van der Waals surface area contributed by atoms with Crippen LogP contribution >= 0.6 is 0 Å². The molecule has 4 rings (SSSR count). The summed E-state index contributed by atoms with van der Waals surface area (Å²) in [6.07, 6.45) is -3.10. The van der Waals surface area contributed by atoms with E-state index >= 15 is 0 Å². The molecule has 0 atom stereocenters. The van der Waals surface area contributed by atoms with Gasteiger partial charge in [-0.3, -0.25) is 0 Å². The van der Waals surface area contributed by atoms with Crippen molar-refractivity contribution in [1.29, 1.82) is 0 Å². The molecule has 2 aromatic heterocycles. The van der Waals surface area contributed by atoms with Crippen molar-refractivity contribution in [2.45, 2.75) is 13.0 Å². The first kappa shape index (κ1) is 18.0. The molecule has 28 heavy (non-hydrogen) atoms. The average Bonchev–Trinajstić information content (AvgIpc) is 3.10. The molecule has 2 heterocycles. The zero-order valence-corrected chi connectivity index (χ0v) is 14.4. The molecule has 0 unspecified atom stereocenters. The molecule has 0 bridgehead atoms. The second-order valence-corrected chi connectivity index (χ2v) is 6.07. The van der Waals surface area contributed by atoms with Gasteiger partial charge >= 0.3 is 6.36 Å². The van der Waals surface area contributed by atoms with Gasteiger partial charge in [0.1, 0.15) is 5.75 Å². The Kier molecular flexibility index (Phi) is 4.48. The van der Waals surface area contributed by atoms with Crippen LogP contribution in [0.1, 0.15) is 5.56 Å². The van der Waals surface area contributed by atoms with Gasteiger partial charge in [0.05, 0.1) is 24.2 Å². The Hall–Kier alpha value is -3.39. The number of imidazole rings is 1. The zero-order valence-electron chi connectivity index (χ0n) is 14.4. The number of aromatic nitrogens is 3. The molecule has 0 spiro atoms. The van der Waals surface area contributed by atoms with E-state index in [-0.39, 0.29) is 12.4 Å². The highest BCUT2D eigenvalue weighted by atomic mass is 19.4. The molecule has 5 nitrogen and oxygen atoms in total. The predicted molar refractivity (Wildman–Crippen MR) is 96.5 cm³/mol. The number of nitrogens with zero attached hydrogens (tertiary/aromatic N) is 3. The van der Waals surface area contributed by atoms with Crippen molar-refractivity contribution in [2.75, 3.05) is 0 Å². The lowest BCUT2D eigenvalue weighted by molar-refractivity contribution is -0.274. The minimum absolute atomic E-state index is 0.0880. The molecular weight excluding hydrogens is 371 g/mol. The minimum Gasteiger partial charge on any atom is -0.406 e. The number of benzene rings is 2. The first-order chi connectivity index (χ1) is 13.4. The van der Waals surface area contributed by atoms with Crippen LogP contribution in [0.3, 0.4) is 0 Å². The van der Waals surface area contributed by atoms with Crippen molar-refractivity contribution in [3.05, 3.63) is 72.4 Å². The summed E-state index contributed by atoms with van der Waals surface area (Å²) in [6, 6.07) is 16.4. The molecular formula is C20H14F3N3O2. The molecule has 1 N–H and O–H groups in total. The van der Waals surface area contributed by atoms with Crippen LogP contribution in [0.2, 0.25) is 0 Å². The van der Waals surface area contributed by atoms with Gasteiger partial charge < -0.3 is 9.84 Å². The van der Waals surface area contributed by atoms with Crippen molar-refractivity contribution < 1.29 is 23.0 Å². The van der Waals surface area contributed by atoms with E-state index in [1.165, 1.54) is 18.2 Å².